The van der Waals surface area contributed by atoms with Gasteiger partial charge in [0.25, 0.3) is 5.69 Å². The van der Waals surface area contributed by atoms with Crippen molar-refractivity contribution in [3.8, 4) is 0 Å². The van der Waals surface area contributed by atoms with Crippen molar-refractivity contribution in [2.45, 2.75) is 20.0 Å². The van der Waals surface area contributed by atoms with E-state index in [9.17, 15) is 15.2 Å². The number of aliphatic hydroxyl groups excluding tert-OH is 1. The number of aryl methyl sites for hydroxylation is 2. The summed E-state index contributed by atoms with van der Waals surface area (Å²) in [6, 6.07) is 16.7. The highest BCUT2D eigenvalue weighted by Gasteiger charge is 2.19. The predicted octanol–water partition coefficient (Wildman–Crippen LogP) is 4.45. The zero-order chi connectivity index (χ0) is 16.6. The van der Waals surface area contributed by atoms with Gasteiger partial charge in [0.2, 0.25) is 0 Å². The molecule has 0 aliphatic heterocycles. The molecule has 116 valence electrons. The molecule has 0 saturated heterocycles. The Hall–Kier alpha value is -2.72. The molecule has 0 unspecified atom stereocenters. The number of hydrogen-bond donors (Lipinski definition) is 1. The van der Waals surface area contributed by atoms with Gasteiger partial charge in [-0.05, 0) is 53.4 Å². The Morgan fingerprint density at radius 1 is 1.00 bits per heavy atom. The van der Waals surface area contributed by atoms with Crippen molar-refractivity contribution in [1.29, 1.82) is 0 Å². The molecule has 0 amide bonds. The number of benzene rings is 3. The normalized spacial score (nSPS) is 12.3. The molecule has 4 heteroatoms. The lowest BCUT2D eigenvalue weighted by molar-refractivity contribution is -0.385. The Morgan fingerprint density at radius 2 is 1.74 bits per heavy atom. The molecule has 4 nitrogen and oxygen atoms in total. The number of nitro benzene ring substituents is 1. The van der Waals surface area contributed by atoms with Crippen LogP contribution in [0.3, 0.4) is 0 Å². The third-order valence-electron chi connectivity index (χ3n) is 4.20. The summed E-state index contributed by atoms with van der Waals surface area (Å²) >= 11 is 0. The third kappa shape index (κ3) is 2.69. The quantitative estimate of drug-likeness (QED) is 0.574. The maximum atomic E-state index is 10.9. The van der Waals surface area contributed by atoms with Gasteiger partial charge in [0, 0.05) is 11.6 Å². The van der Waals surface area contributed by atoms with Crippen molar-refractivity contribution in [1.82, 2.24) is 0 Å². The molecule has 3 aromatic rings. The van der Waals surface area contributed by atoms with Crippen LogP contribution in [0, 0.1) is 24.0 Å². The van der Waals surface area contributed by atoms with Crippen LogP contribution >= 0.6 is 0 Å². The Kier molecular flexibility index (Phi) is 3.84. The van der Waals surface area contributed by atoms with Crippen molar-refractivity contribution in [3.63, 3.8) is 0 Å². The molecule has 0 aromatic heterocycles. The van der Waals surface area contributed by atoms with Crippen LogP contribution in [0.2, 0.25) is 0 Å². The maximum absolute atomic E-state index is 10.9. The van der Waals surface area contributed by atoms with Gasteiger partial charge in [-0.25, -0.2) is 0 Å². The van der Waals surface area contributed by atoms with Crippen LogP contribution in [0.15, 0.2) is 54.6 Å². The van der Waals surface area contributed by atoms with Crippen molar-refractivity contribution in [2.75, 3.05) is 0 Å². The van der Waals surface area contributed by atoms with Crippen LogP contribution in [-0.2, 0) is 0 Å². The van der Waals surface area contributed by atoms with Crippen LogP contribution in [-0.4, -0.2) is 10.0 Å². The van der Waals surface area contributed by atoms with Crippen molar-refractivity contribution >= 4 is 16.5 Å². The second-order valence-electron chi connectivity index (χ2n) is 5.72. The highest BCUT2D eigenvalue weighted by atomic mass is 16.6. The second kappa shape index (κ2) is 5.82. The number of nitrogens with zero attached hydrogens (tertiary/aromatic N) is 1. The fraction of sp³-hybridized carbons (Fsp3) is 0.158. The molecule has 0 bridgehead atoms. The number of hydrogen-bond acceptors (Lipinski definition) is 3. The molecule has 23 heavy (non-hydrogen) atoms. The zero-order valence-electron chi connectivity index (χ0n) is 13.0. The van der Waals surface area contributed by atoms with Crippen molar-refractivity contribution in [3.05, 3.63) is 87.0 Å². The van der Waals surface area contributed by atoms with Crippen molar-refractivity contribution in [2.24, 2.45) is 0 Å². The zero-order valence-corrected chi connectivity index (χ0v) is 13.0. The number of rotatable bonds is 3. The Bertz CT molecular complexity index is 902. The highest BCUT2D eigenvalue weighted by Crippen LogP contribution is 2.33. The Morgan fingerprint density at radius 3 is 2.43 bits per heavy atom. The van der Waals surface area contributed by atoms with E-state index in [1.54, 1.807) is 19.1 Å². The van der Waals surface area contributed by atoms with Crippen LogP contribution in [0.5, 0.6) is 0 Å². The Labute approximate surface area is 134 Å². The van der Waals surface area contributed by atoms with Gasteiger partial charge in [-0.2, -0.15) is 0 Å². The summed E-state index contributed by atoms with van der Waals surface area (Å²) < 4.78 is 0. The molecule has 0 heterocycles. The molecule has 1 atom stereocenters. The van der Waals surface area contributed by atoms with E-state index in [0.717, 1.165) is 21.9 Å². The molecular weight excluding hydrogens is 290 g/mol. The monoisotopic (exact) mass is 307 g/mol. The molecule has 0 saturated carbocycles. The summed E-state index contributed by atoms with van der Waals surface area (Å²) in [5.74, 6) is 0. The summed E-state index contributed by atoms with van der Waals surface area (Å²) in [5, 5.41) is 23.9. The molecule has 3 aromatic carbocycles. The predicted molar refractivity (Wildman–Crippen MR) is 90.6 cm³/mol. The van der Waals surface area contributed by atoms with Gasteiger partial charge in [0.05, 0.1) is 4.92 Å². The van der Waals surface area contributed by atoms with E-state index in [0.29, 0.717) is 11.1 Å². The van der Waals surface area contributed by atoms with E-state index in [-0.39, 0.29) is 5.69 Å². The van der Waals surface area contributed by atoms with Gasteiger partial charge in [-0.3, -0.25) is 10.1 Å². The smallest absolute Gasteiger partial charge is 0.272 e. The average Bonchev–Trinajstić information content (AvgIpc) is 2.53. The standard InChI is InChI=1S/C19H17NO3/c1-12-7-8-14-5-3-4-6-16(14)18(12)19(21)15-9-10-17(20(22)23)13(2)11-15/h3-11,19,21H,1-2H3/t19-/m0/s1. The van der Waals surface area contributed by atoms with E-state index >= 15 is 0 Å². The fourth-order valence-corrected chi connectivity index (χ4v) is 2.99. The number of aliphatic hydroxyl groups is 1. The minimum atomic E-state index is -0.819. The number of nitro groups is 1. The van der Waals surface area contributed by atoms with Gasteiger partial charge in [0.1, 0.15) is 6.10 Å². The van der Waals surface area contributed by atoms with Gasteiger partial charge < -0.3 is 5.11 Å². The van der Waals surface area contributed by atoms with E-state index in [4.69, 9.17) is 0 Å². The molecule has 0 aliphatic rings. The minimum Gasteiger partial charge on any atom is -0.384 e. The fourth-order valence-electron chi connectivity index (χ4n) is 2.99. The first-order valence-corrected chi connectivity index (χ1v) is 7.40. The molecule has 0 spiro atoms. The number of fused-ring (bicyclic) bond motifs is 1. The molecular formula is C19H17NO3. The minimum absolute atomic E-state index is 0.0654. The first-order valence-electron chi connectivity index (χ1n) is 7.40. The molecule has 1 N–H and O–H groups in total. The molecule has 0 fully saturated rings. The lowest BCUT2D eigenvalue weighted by atomic mass is 9.91. The third-order valence-corrected chi connectivity index (χ3v) is 4.20. The van der Waals surface area contributed by atoms with Crippen LogP contribution in [0.4, 0.5) is 5.69 Å². The first-order chi connectivity index (χ1) is 11.0. The second-order valence-corrected chi connectivity index (χ2v) is 5.72. The van der Waals surface area contributed by atoms with Gasteiger partial charge in [-0.15, -0.1) is 0 Å². The summed E-state index contributed by atoms with van der Waals surface area (Å²) in [7, 11) is 0. The molecule has 3 rings (SSSR count). The average molecular weight is 307 g/mol. The Balaban J connectivity index is 2.14. The van der Waals surface area contributed by atoms with Crippen LogP contribution in [0.1, 0.15) is 28.4 Å². The lowest BCUT2D eigenvalue weighted by Crippen LogP contribution is -2.04. The lowest BCUT2D eigenvalue weighted by Gasteiger charge is -2.17. The summed E-state index contributed by atoms with van der Waals surface area (Å²) in [4.78, 5) is 10.5. The van der Waals surface area contributed by atoms with E-state index < -0.39 is 11.0 Å². The van der Waals surface area contributed by atoms with Crippen molar-refractivity contribution < 1.29 is 10.0 Å². The molecule has 0 aliphatic carbocycles. The largest absolute Gasteiger partial charge is 0.384 e. The first kappa shape index (κ1) is 15.2. The van der Waals surface area contributed by atoms with Gasteiger partial charge >= 0.3 is 0 Å². The SMILES string of the molecule is Cc1cc([C@H](O)c2c(C)ccc3ccccc23)ccc1[N+](=O)[O-]. The summed E-state index contributed by atoms with van der Waals surface area (Å²) in [5.41, 5.74) is 3.11. The maximum Gasteiger partial charge on any atom is 0.272 e. The summed E-state index contributed by atoms with van der Waals surface area (Å²) in [6.45, 7) is 3.65. The van der Waals surface area contributed by atoms with Gasteiger partial charge in [0.15, 0.2) is 0 Å². The van der Waals surface area contributed by atoms with Gasteiger partial charge in [-0.1, -0.05) is 36.4 Å². The highest BCUT2D eigenvalue weighted by molar-refractivity contribution is 5.87. The van der Waals surface area contributed by atoms with E-state index in [1.807, 2.05) is 43.3 Å². The summed E-state index contributed by atoms with van der Waals surface area (Å²) in [6.07, 6.45) is -0.819. The molecule has 0 radical (unpaired) electrons. The topological polar surface area (TPSA) is 63.4 Å². The van der Waals surface area contributed by atoms with Crippen LogP contribution < -0.4 is 0 Å². The van der Waals surface area contributed by atoms with E-state index in [2.05, 4.69) is 0 Å². The van der Waals surface area contributed by atoms with Crippen LogP contribution in [0.25, 0.3) is 10.8 Å². The van der Waals surface area contributed by atoms with E-state index in [1.165, 1.54) is 6.07 Å².